The molecule has 1 aliphatic carbocycles. The minimum atomic E-state index is -0.997. The lowest BCUT2D eigenvalue weighted by Crippen LogP contribution is -2.60. The summed E-state index contributed by atoms with van der Waals surface area (Å²) in [5.74, 6) is -2.74. The zero-order valence-corrected chi connectivity index (χ0v) is 38.4. The molecule has 2 fully saturated rings. The summed E-state index contributed by atoms with van der Waals surface area (Å²) in [5.41, 5.74) is 1.30. The number of hydrogen-bond acceptors (Lipinski definition) is 8. The average Bonchev–Trinajstić information content (AvgIpc) is 3.37. The van der Waals surface area contributed by atoms with E-state index in [0.29, 0.717) is 12.8 Å². The second kappa shape index (κ2) is 19.3. The fourth-order valence-corrected chi connectivity index (χ4v) is 9.09. The van der Waals surface area contributed by atoms with Crippen molar-refractivity contribution in [2.24, 2.45) is 23.7 Å². The number of amides is 5. The third kappa shape index (κ3) is 10.3. The van der Waals surface area contributed by atoms with Gasteiger partial charge in [0.2, 0.25) is 29.5 Å². The molecule has 5 amide bonds. The number of carbonyl (C=O) groups excluding carboxylic acids is 5. The molecule has 3 aromatic carbocycles. The predicted molar refractivity (Wildman–Crippen MR) is 245 cm³/mol. The van der Waals surface area contributed by atoms with E-state index in [1.54, 1.807) is 20.8 Å². The zero-order valence-electron chi connectivity index (χ0n) is 38.4. The zero-order chi connectivity index (χ0) is 45.2. The van der Waals surface area contributed by atoms with Crippen LogP contribution in [0.15, 0.2) is 48.6 Å². The SMILES string of the molecule is CC(C)CC1NCC(Cc2ccc3ccc4c5c(ccc2c35)CC=CC=4)NC(=O)C(C(C)C)NC(=O)C2NC(OC2(C)C)C(C)NC(=O)C(C(C)C)NC(=O)C(C(C)C)NC1=O. The Hall–Kier alpha value is -4.85. The van der Waals surface area contributed by atoms with Crippen molar-refractivity contribution in [3.05, 3.63) is 64.9 Å². The third-order valence-electron chi connectivity index (χ3n) is 12.6. The molecule has 0 aromatic heterocycles. The molecule has 0 spiro atoms. The van der Waals surface area contributed by atoms with E-state index in [4.69, 9.17) is 4.74 Å². The summed E-state index contributed by atoms with van der Waals surface area (Å²) in [4.78, 5) is 70.8. The maximum Gasteiger partial charge on any atom is 0.243 e. The standard InChI is InChI=1S/C49H69N7O6/c1-25(2)22-36-43(57)53-41(28(7)8)46(60)54-39(26(3)4)44(58)51-29(9)48-56-42(49(10,11)62-48)47(61)55-40(27(5)6)45(59)52-34(24-50-36)23-33-19-18-32-17-16-30-14-12-13-15-31-20-21-35(33)38(32)37(30)31/h12-14,16-21,25-29,34,36,39-42,48,50,56H,15,22-24H2,1-11H3,(H,51,58)(H,52,59)(H,53,57)(H,54,60)(H,55,61). The first-order valence-corrected chi connectivity index (χ1v) is 22.6. The van der Waals surface area contributed by atoms with Crippen LogP contribution in [0.25, 0.3) is 27.6 Å². The molecule has 2 heterocycles. The minimum Gasteiger partial charge on any atom is -0.353 e. The van der Waals surface area contributed by atoms with Crippen LogP contribution in [0, 0.1) is 23.7 Å². The molecule has 336 valence electrons. The summed E-state index contributed by atoms with van der Waals surface area (Å²) in [7, 11) is 0. The van der Waals surface area contributed by atoms with Gasteiger partial charge in [-0.05, 0) is 102 Å². The molecule has 3 aliphatic rings. The fourth-order valence-electron chi connectivity index (χ4n) is 9.09. The van der Waals surface area contributed by atoms with Crippen molar-refractivity contribution in [1.29, 1.82) is 0 Å². The van der Waals surface area contributed by atoms with Crippen LogP contribution in [0.5, 0.6) is 0 Å². The summed E-state index contributed by atoms with van der Waals surface area (Å²) in [6.07, 6.45) is 7.41. The first-order valence-electron chi connectivity index (χ1n) is 22.6. The van der Waals surface area contributed by atoms with Crippen molar-refractivity contribution >= 4 is 57.2 Å². The Bertz CT molecular complexity index is 2250. The maximum atomic E-state index is 14.5. The van der Waals surface area contributed by atoms with Crippen molar-refractivity contribution in [2.45, 2.75) is 150 Å². The van der Waals surface area contributed by atoms with Crippen LogP contribution in [0.1, 0.15) is 93.7 Å². The van der Waals surface area contributed by atoms with Crippen molar-refractivity contribution in [3.63, 3.8) is 0 Å². The van der Waals surface area contributed by atoms with Gasteiger partial charge < -0.3 is 36.6 Å². The van der Waals surface area contributed by atoms with Crippen molar-refractivity contribution in [3.8, 4) is 0 Å². The molecule has 6 rings (SSSR count). The van der Waals surface area contributed by atoms with Gasteiger partial charge in [-0.1, -0.05) is 110 Å². The lowest BCUT2D eigenvalue weighted by atomic mass is 9.90. The Kier molecular flexibility index (Phi) is 14.5. The molecule has 13 nitrogen and oxygen atoms in total. The average molecular weight is 852 g/mol. The number of rotatable bonds is 7. The second-order valence-corrected chi connectivity index (χ2v) is 19.7. The third-order valence-corrected chi connectivity index (χ3v) is 12.6. The lowest BCUT2D eigenvalue weighted by Gasteiger charge is -2.31. The van der Waals surface area contributed by atoms with E-state index < -0.39 is 71.8 Å². The highest BCUT2D eigenvalue weighted by atomic mass is 16.5. The molecular formula is C49H69N7O6. The van der Waals surface area contributed by atoms with Gasteiger partial charge in [0, 0.05) is 12.6 Å². The lowest BCUT2D eigenvalue weighted by molar-refractivity contribution is -0.135. The molecule has 8 atom stereocenters. The van der Waals surface area contributed by atoms with E-state index >= 15 is 0 Å². The number of nitrogens with one attached hydrogen (secondary N) is 7. The van der Waals surface area contributed by atoms with E-state index in [1.807, 2.05) is 55.4 Å². The van der Waals surface area contributed by atoms with Crippen LogP contribution in [-0.4, -0.2) is 90.2 Å². The molecule has 62 heavy (non-hydrogen) atoms. The number of carbonyl (C=O) groups is 5. The number of fused-ring (bicyclic) bond motifs is 2. The van der Waals surface area contributed by atoms with Gasteiger partial charge in [0.05, 0.1) is 17.7 Å². The van der Waals surface area contributed by atoms with Crippen LogP contribution in [-0.2, 0) is 41.6 Å². The van der Waals surface area contributed by atoms with Crippen molar-refractivity contribution < 1.29 is 28.7 Å². The van der Waals surface area contributed by atoms with Crippen LogP contribution < -0.4 is 42.4 Å². The van der Waals surface area contributed by atoms with E-state index in [2.05, 4.69) is 91.8 Å². The Morgan fingerprint density at radius 3 is 1.94 bits per heavy atom. The summed E-state index contributed by atoms with van der Waals surface area (Å²) >= 11 is 0. The second-order valence-electron chi connectivity index (χ2n) is 19.7. The summed E-state index contributed by atoms with van der Waals surface area (Å²) in [5, 5.41) is 27.8. The van der Waals surface area contributed by atoms with E-state index in [1.165, 1.54) is 16.3 Å². The van der Waals surface area contributed by atoms with Gasteiger partial charge in [-0.3, -0.25) is 29.3 Å². The van der Waals surface area contributed by atoms with E-state index in [9.17, 15) is 24.0 Å². The molecule has 3 aromatic rings. The molecule has 8 unspecified atom stereocenters. The largest absolute Gasteiger partial charge is 0.353 e. The van der Waals surface area contributed by atoms with Crippen LogP contribution in [0.3, 0.4) is 0 Å². The fraction of sp³-hybridized carbons (Fsp3) is 0.571. The predicted octanol–water partition coefficient (Wildman–Crippen LogP) is 3.67. The summed E-state index contributed by atoms with van der Waals surface area (Å²) in [6.45, 7) is 20.8. The highest BCUT2D eigenvalue weighted by molar-refractivity contribution is 6.13. The van der Waals surface area contributed by atoms with Gasteiger partial charge >= 0.3 is 0 Å². The molecule has 0 saturated carbocycles. The van der Waals surface area contributed by atoms with Crippen LogP contribution in [0.2, 0.25) is 0 Å². The molecule has 13 heteroatoms. The first-order chi connectivity index (χ1) is 29.2. The molecule has 0 radical (unpaired) electrons. The van der Waals surface area contributed by atoms with Crippen LogP contribution >= 0.6 is 0 Å². The molecular weight excluding hydrogens is 783 g/mol. The number of allylic oxidation sites excluding steroid dienone is 2. The minimum absolute atomic E-state index is 0.114. The topological polar surface area (TPSA) is 179 Å². The maximum absolute atomic E-state index is 14.5. The Balaban J connectivity index is 1.39. The van der Waals surface area contributed by atoms with Crippen molar-refractivity contribution in [1.82, 2.24) is 37.2 Å². The molecule has 7 N–H and O–H groups in total. The Morgan fingerprint density at radius 1 is 0.694 bits per heavy atom. The Morgan fingerprint density at radius 2 is 1.29 bits per heavy atom. The Labute approximate surface area is 366 Å². The monoisotopic (exact) mass is 852 g/mol. The van der Waals surface area contributed by atoms with Gasteiger partial charge in [-0.25, -0.2) is 0 Å². The summed E-state index contributed by atoms with van der Waals surface area (Å²) in [6, 6.07) is 7.52. The van der Waals surface area contributed by atoms with Gasteiger partial charge in [0.1, 0.15) is 30.4 Å². The first kappa shape index (κ1) is 46.6. The van der Waals surface area contributed by atoms with Gasteiger partial charge in [-0.15, -0.1) is 0 Å². The quantitative estimate of drug-likeness (QED) is 0.188. The normalized spacial score (nSPS) is 28.0. The number of ether oxygens (including phenoxy) is 1. The van der Waals surface area contributed by atoms with Gasteiger partial charge in [0.25, 0.3) is 0 Å². The highest BCUT2D eigenvalue weighted by Crippen LogP contribution is 2.32. The highest BCUT2D eigenvalue weighted by Gasteiger charge is 2.48. The smallest absolute Gasteiger partial charge is 0.243 e. The summed E-state index contributed by atoms with van der Waals surface area (Å²) < 4.78 is 6.33. The van der Waals surface area contributed by atoms with Crippen molar-refractivity contribution in [2.75, 3.05) is 6.54 Å². The van der Waals surface area contributed by atoms with Gasteiger partial charge in [-0.2, -0.15) is 0 Å². The molecule has 2 bridgehead atoms. The number of hydrogen-bond donors (Lipinski definition) is 7. The molecule has 2 aliphatic heterocycles. The van der Waals surface area contributed by atoms with Gasteiger partial charge in [0.15, 0.2) is 0 Å². The van der Waals surface area contributed by atoms with Crippen LogP contribution in [0.4, 0.5) is 0 Å². The molecule has 2 saturated heterocycles. The van der Waals surface area contributed by atoms with E-state index in [0.717, 1.165) is 28.0 Å². The number of benzene rings is 3. The van der Waals surface area contributed by atoms with E-state index in [-0.39, 0.29) is 42.0 Å².